The first-order valence-electron chi connectivity index (χ1n) is 7.26. The molecule has 0 fully saturated rings. The molecule has 0 saturated carbocycles. The summed E-state index contributed by atoms with van der Waals surface area (Å²) < 4.78 is 51.1. The Labute approximate surface area is 133 Å². The molecule has 120 valence electrons. The Balaban J connectivity index is 1.78. The van der Waals surface area contributed by atoms with E-state index in [1.807, 2.05) is 0 Å². The third-order valence-electron chi connectivity index (χ3n) is 4.05. The van der Waals surface area contributed by atoms with Crippen LogP contribution in [0.3, 0.4) is 0 Å². The van der Waals surface area contributed by atoms with Crippen LogP contribution in [0.5, 0.6) is 11.5 Å². The van der Waals surface area contributed by atoms with Gasteiger partial charge in [-0.1, -0.05) is 0 Å². The van der Waals surface area contributed by atoms with Crippen LogP contribution in [0.15, 0.2) is 41.3 Å². The molecular formula is C16H14FNO4S. The van der Waals surface area contributed by atoms with E-state index in [0.29, 0.717) is 42.1 Å². The van der Waals surface area contributed by atoms with E-state index in [0.717, 1.165) is 0 Å². The number of anilines is 1. The van der Waals surface area contributed by atoms with Gasteiger partial charge in [-0.05, 0) is 48.7 Å². The lowest BCUT2D eigenvalue weighted by molar-refractivity contribution is 0.174. The van der Waals surface area contributed by atoms with E-state index in [4.69, 9.17) is 9.47 Å². The molecule has 2 aliphatic heterocycles. The van der Waals surface area contributed by atoms with Crippen molar-refractivity contribution in [3.8, 4) is 11.5 Å². The highest BCUT2D eigenvalue weighted by Crippen LogP contribution is 2.37. The minimum atomic E-state index is -3.73. The van der Waals surface area contributed by atoms with Crippen LogP contribution in [0.1, 0.15) is 12.0 Å². The minimum Gasteiger partial charge on any atom is -0.454 e. The van der Waals surface area contributed by atoms with Crippen molar-refractivity contribution in [1.29, 1.82) is 0 Å². The number of rotatable bonds is 2. The van der Waals surface area contributed by atoms with Crippen LogP contribution in [-0.2, 0) is 16.4 Å². The van der Waals surface area contributed by atoms with E-state index >= 15 is 0 Å². The Morgan fingerprint density at radius 2 is 1.87 bits per heavy atom. The maximum Gasteiger partial charge on any atom is 0.264 e. The predicted molar refractivity (Wildman–Crippen MR) is 81.8 cm³/mol. The Bertz CT molecular complexity index is 882. The summed E-state index contributed by atoms with van der Waals surface area (Å²) in [5, 5.41) is 0. The smallest absolute Gasteiger partial charge is 0.264 e. The Hall–Kier alpha value is -2.28. The van der Waals surface area contributed by atoms with Gasteiger partial charge < -0.3 is 9.47 Å². The third-order valence-corrected chi connectivity index (χ3v) is 5.86. The second-order valence-corrected chi connectivity index (χ2v) is 7.33. The number of fused-ring (bicyclic) bond motifs is 2. The Kier molecular flexibility index (Phi) is 3.19. The van der Waals surface area contributed by atoms with E-state index in [-0.39, 0.29) is 17.5 Å². The first-order chi connectivity index (χ1) is 11.1. The van der Waals surface area contributed by atoms with Crippen molar-refractivity contribution in [3.05, 3.63) is 47.8 Å². The van der Waals surface area contributed by atoms with Crippen molar-refractivity contribution in [2.24, 2.45) is 0 Å². The topological polar surface area (TPSA) is 55.8 Å². The zero-order valence-corrected chi connectivity index (χ0v) is 13.0. The number of halogens is 1. The molecule has 0 atom stereocenters. The fourth-order valence-electron chi connectivity index (χ4n) is 2.95. The van der Waals surface area contributed by atoms with Gasteiger partial charge in [-0.25, -0.2) is 12.8 Å². The lowest BCUT2D eigenvalue weighted by Crippen LogP contribution is -2.35. The summed E-state index contributed by atoms with van der Waals surface area (Å²) in [4.78, 5) is 0.138. The van der Waals surface area contributed by atoms with E-state index in [1.54, 1.807) is 6.07 Å². The van der Waals surface area contributed by atoms with Crippen LogP contribution in [-0.4, -0.2) is 21.8 Å². The summed E-state index contributed by atoms with van der Waals surface area (Å²) in [6, 6.07) is 8.76. The van der Waals surface area contributed by atoms with Gasteiger partial charge in [0.05, 0.1) is 10.6 Å². The number of hydrogen-bond acceptors (Lipinski definition) is 4. The van der Waals surface area contributed by atoms with Crippen LogP contribution in [0.4, 0.5) is 10.1 Å². The molecule has 23 heavy (non-hydrogen) atoms. The predicted octanol–water partition coefficient (Wildman–Crippen LogP) is 2.70. The molecule has 4 rings (SSSR count). The molecule has 5 nitrogen and oxygen atoms in total. The number of benzene rings is 2. The zero-order valence-electron chi connectivity index (χ0n) is 12.2. The lowest BCUT2D eigenvalue weighted by atomic mass is 10.0. The highest BCUT2D eigenvalue weighted by Gasteiger charge is 2.30. The zero-order chi connectivity index (χ0) is 16.0. The first-order valence-corrected chi connectivity index (χ1v) is 8.70. The summed E-state index contributed by atoms with van der Waals surface area (Å²) in [5.41, 5.74) is 1.25. The molecular weight excluding hydrogens is 321 g/mol. The number of sulfonamides is 1. The van der Waals surface area contributed by atoms with Gasteiger partial charge >= 0.3 is 0 Å². The molecule has 0 bridgehead atoms. The van der Waals surface area contributed by atoms with Crippen molar-refractivity contribution < 1.29 is 22.3 Å². The molecule has 2 aliphatic rings. The molecule has 0 aromatic heterocycles. The van der Waals surface area contributed by atoms with Crippen molar-refractivity contribution >= 4 is 15.7 Å². The molecule has 0 amide bonds. The van der Waals surface area contributed by atoms with Crippen LogP contribution < -0.4 is 13.8 Å². The second kappa shape index (κ2) is 5.13. The van der Waals surface area contributed by atoms with Crippen molar-refractivity contribution in [2.75, 3.05) is 17.6 Å². The van der Waals surface area contributed by atoms with Crippen molar-refractivity contribution in [3.63, 3.8) is 0 Å². The SMILES string of the molecule is O=S(=O)(c1ccc2c(c1)OCO2)N1CCCc2cc(F)ccc21. The molecule has 2 aromatic rings. The standard InChI is InChI=1S/C16H14FNO4S/c17-12-3-5-14-11(8-12)2-1-7-18(14)23(19,20)13-4-6-15-16(9-13)22-10-21-15/h3-6,8-9H,1-2,7,10H2. The van der Waals surface area contributed by atoms with Crippen LogP contribution in [0, 0.1) is 5.82 Å². The van der Waals surface area contributed by atoms with Gasteiger partial charge in [0.25, 0.3) is 10.0 Å². The van der Waals surface area contributed by atoms with Crippen molar-refractivity contribution in [2.45, 2.75) is 17.7 Å². The Morgan fingerprint density at radius 3 is 2.74 bits per heavy atom. The summed E-state index contributed by atoms with van der Waals surface area (Å²) in [5.74, 6) is 0.596. The average molecular weight is 335 g/mol. The molecule has 0 radical (unpaired) electrons. The fourth-order valence-corrected chi connectivity index (χ4v) is 4.50. The maximum absolute atomic E-state index is 13.4. The van der Waals surface area contributed by atoms with Gasteiger partial charge in [-0.2, -0.15) is 0 Å². The van der Waals surface area contributed by atoms with Crippen LogP contribution in [0.25, 0.3) is 0 Å². The second-order valence-electron chi connectivity index (χ2n) is 5.47. The molecule has 0 aliphatic carbocycles. The largest absolute Gasteiger partial charge is 0.454 e. The number of hydrogen-bond donors (Lipinski definition) is 0. The highest BCUT2D eigenvalue weighted by atomic mass is 32.2. The number of ether oxygens (including phenoxy) is 2. The van der Waals surface area contributed by atoms with Gasteiger partial charge in [0, 0.05) is 12.6 Å². The maximum atomic E-state index is 13.4. The normalized spacial score (nSPS) is 16.3. The molecule has 0 N–H and O–H groups in total. The highest BCUT2D eigenvalue weighted by molar-refractivity contribution is 7.92. The summed E-state index contributed by atoms with van der Waals surface area (Å²) >= 11 is 0. The minimum absolute atomic E-state index is 0.0880. The van der Waals surface area contributed by atoms with Gasteiger partial charge in [0.15, 0.2) is 11.5 Å². The fraction of sp³-hybridized carbons (Fsp3) is 0.250. The van der Waals surface area contributed by atoms with Gasteiger partial charge in [0.2, 0.25) is 6.79 Å². The quantitative estimate of drug-likeness (QED) is 0.847. The van der Waals surface area contributed by atoms with E-state index in [9.17, 15) is 12.8 Å². The number of aryl methyl sites for hydroxylation is 1. The Morgan fingerprint density at radius 1 is 1.04 bits per heavy atom. The van der Waals surface area contributed by atoms with Crippen LogP contribution in [0.2, 0.25) is 0 Å². The van der Waals surface area contributed by atoms with Crippen molar-refractivity contribution in [1.82, 2.24) is 0 Å². The molecule has 0 unspecified atom stereocenters. The van der Waals surface area contributed by atoms with E-state index in [2.05, 4.69) is 0 Å². The summed E-state index contributed by atoms with van der Waals surface area (Å²) in [6.45, 7) is 0.458. The van der Waals surface area contributed by atoms with Gasteiger partial charge in [0.1, 0.15) is 5.82 Å². The lowest BCUT2D eigenvalue weighted by Gasteiger charge is -2.30. The van der Waals surface area contributed by atoms with E-state index < -0.39 is 10.0 Å². The molecule has 2 heterocycles. The third kappa shape index (κ3) is 2.31. The number of nitrogens with zero attached hydrogens (tertiary/aromatic N) is 1. The van der Waals surface area contributed by atoms with Gasteiger partial charge in [-0.15, -0.1) is 0 Å². The molecule has 0 saturated heterocycles. The monoisotopic (exact) mass is 335 g/mol. The summed E-state index contributed by atoms with van der Waals surface area (Å²) in [6.07, 6.45) is 1.32. The molecule has 7 heteroatoms. The van der Waals surface area contributed by atoms with Gasteiger partial charge in [-0.3, -0.25) is 4.31 Å². The van der Waals surface area contributed by atoms with E-state index in [1.165, 1.54) is 34.6 Å². The summed E-state index contributed by atoms with van der Waals surface area (Å²) in [7, 11) is -3.73. The van der Waals surface area contributed by atoms with Crippen LogP contribution >= 0.6 is 0 Å². The average Bonchev–Trinajstić information content (AvgIpc) is 3.01. The molecule has 2 aromatic carbocycles. The first kappa shape index (κ1) is 14.3. The molecule has 0 spiro atoms.